The summed E-state index contributed by atoms with van der Waals surface area (Å²) >= 11 is 0. The van der Waals surface area contributed by atoms with E-state index in [1.807, 2.05) is 0 Å². The Kier molecular flexibility index (Phi) is 8.91. The second-order valence-corrected chi connectivity index (χ2v) is 18.3. The average Bonchev–Trinajstić information content (AvgIpc) is 3.98. The Hall–Kier alpha value is -7.62. The SMILES string of the molecule is C(=Cc1ccc2c(c1)C1(CCCC1)c1cc(N3CCCc4ccccc43)ccc1-2)c1ccc(-c2ccc(N3c4ccccc4N(c4ccccc4)c4ccccc43)c3ccccc23)cc1. The van der Waals surface area contributed by atoms with Crippen LogP contribution in [-0.4, -0.2) is 6.54 Å². The van der Waals surface area contributed by atoms with Gasteiger partial charge in [-0.15, -0.1) is 0 Å². The summed E-state index contributed by atoms with van der Waals surface area (Å²) in [4.78, 5) is 7.39. The molecule has 0 bridgehead atoms. The third-order valence-electron chi connectivity index (χ3n) is 14.8. The summed E-state index contributed by atoms with van der Waals surface area (Å²) in [5, 5.41) is 2.46. The van der Waals surface area contributed by atoms with Gasteiger partial charge in [0.05, 0.1) is 28.4 Å². The zero-order chi connectivity index (χ0) is 42.9. The standard InChI is InChI=1S/C62H49N3/c1-2-17-47(18-3-1)64-58-22-8-10-24-60(58)65(61-25-11-9-23-59(61)64)57-37-36-49(50-19-5-6-20-53(50)57)45-31-28-43(29-32-45)26-27-44-30-34-51-52-35-33-48(63-40-14-16-46-15-4-7-21-56(46)63)42-55(52)62(54(51)41-44)38-12-13-39-62/h1-11,15,17-37,41-42H,12-14,16,38-40H2. The first-order valence-corrected chi connectivity index (χ1v) is 23.5. The van der Waals surface area contributed by atoms with Crippen molar-refractivity contribution in [2.45, 2.75) is 43.9 Å². The molecule has 9 aromatic carbocycles. The van der Waals surface area contributed by atoms with E-state index in [-0.39, 0.29) is 5.41 Å². The van der Waals surface area contributed by atoms with Crippen LogP contribution in [0.3, 0.4) is 0 Å². The van der Waals surface area contributed by atoms with Crippen LogP contribution in [0.5, 0.6) is 0 Å². The number of aryl methyl sites for hydroxylation is 1. The molecule has 13 rings (SSSR count). The number of nitrogens with zero attached hydrogens (tertiary/aromatic N) is 3. The molecule has 0 unspecified atom stereocenters. The van der Waals surface area contributed by atoms with Gasteiger partial charge in [0.2, 0.25) is 0 Å². The van der Waals surface area contributed by atoms with E-state index in [0.717, 1.165) is 35.0 Å². The number of rotatable bonds is 6. The van der Waals surface area contributed by atoms with Crippen molar-refractivity contribution < 1.29 is 0 Å². The fourth-order valence-corrected chi connectivity index (χ4v) is 11.8. The molecule has 0 atom stereocenters. The number of para-hydroxylation sites is 6. The largest absolute Gasteiger partial charge is 0.341 e. The van der Waals surface area contributed by atoms with Crippen molar-refractivity contribution in [1.29, 1.82) is 0 Å². The number of fused-ring (bicyclic) bond motifs is 9. The lowest BCUT2D eigenvalue weighted by Crippen LogP contribution is -2.25. The van der Waals surface area contributed by atoms with Gasteiger partial charge in [0.15, 0.2) is 0 Å². The van der Waals surface area contributed by atoms with Gasteiger partial charge < -0.3 is 14.7 Å². The second-order valence-electron chi connectivity index (χ2n) is 18.3. The normalized spacial score (nSPS) is 15.5. The summed E-state index contributed by atoms with van der Waals surface area (Å²) in [7, 11) is 0. The predicted molar refractivity (Wildman–Crippen MR) is 274 cm³/mol. The lowest BCUT2D eigenvalue weighted by molar-refractivity contribution is 0.549. The smallest absolute Gasteiger partial charge is 0.0703 e. The first-order chi connectivity index (χ1) is 32.2. The van der Waals surface area contributed by atoms with E-state index in [2.05, 4.69) is 227 Å². The van der Waals surface area contributed by atoms with Gasteiger partial charge in [0.25, 0.3) is 0 Å². The number of hydrogen-bond acceptors (Lipinski definition) is 3. The van der Waals surface area contributed by atoms with Crippen LogP contribution in [0.15, 0.2) is 200 Å². The van der Waals surface area contributed by atoms with Crippen LogP contribution in [0.2, 0.25) is 0 Å². The molecule has 0 amide bonds. The summed E-state index contributed by atoms with van der Waals surface area (Å²) in [6.45, 7) is 1.08. The van der Waals surface area contributed by atoms with Crippen molar-refractivity contribution in [1.82, 2.24) is 0 Å². The van der Waals surface area contributed by atoms with Crippen molar-refractivity contribution in [3.63, 3.8) is 0 Å². The van der Waals surface area contributed by atoms with Gasteiger partial charge in [-0.2, -0.15) is 0 Å². The van der Waals surface area contributed by atoms with Gasteiger partial charge in [0.1, 0.15) is 0 Å². The van der Waals surface area contributed by atoms with E-state index in [4.69, 9.17) is 0 Å². The molecule has 2 aliphatic carbocycles. The molecule has 4 aliphatic rings. The third kappa shape index (κ3) is 6.10. The van der Waals surface area contributed by atoms with Crippen LogP contribution >= 0.6 is 0 Å². The van der Waals surface area contributed by atoms with Gasteiger partial charge in [-0.05, 0) is 142 Å². The summed E-state index contributed by atoms with van der Waals surface area (Å²) in [6.07, 6.45) is 12.0. The Morgan fingerprint density at radius 1 is 0.385 bits per heavy atom. The van der Waals surface area contributed by atoms with Crippen molar-refractivity contribution in [3.05, 3.63) is 228 Å². The molecule has 2 heterocycles. The molecule has 9 aromatic rings. The van der Waals surface area contributed by atoms with Crippen LogP contribution in [0.25, 0.3) is 45.2 Å². The lowest BCUT2D eigenvalue weighted by Gasteiger charge is -2.40. The van der Waals surface area contributed by atoms with Gasteiger partial charge in [-0.25, -0.2) is 0 Å². The topological polar surface area (TPSA) is 9.72 Å². The highest BCUT2D eigenvalue weighted by Gasteiger charge is 2.45. The minimum Gasteiger partial charge on any atom is -0.341 e. The van der Waals surface area contributed by atoms with E-state index in [0.29, 0.717) is 0 Å². The molecule has 312 valence electrons. The van der Waals surface area contributed by atoms with E-state index in [9.17, 15) is 0 Å². The first kappa shape index (κ1) is 37.9. The highest BCUT2D eigenvalue weighted by Crippen LogP contribution is 2.59. The molecule has 65 heavy (non-hydrogen) atoms. The maximum Gasteiger partial charge on any atom is 0.0703 e. The second kappa shape index (κ2) is 15.3. The molecule has 0 aromatic heterocycles. The maximum atomic E-state index is 2.56. The molecule has 1 fully saturated rings. The molecular formula is C62H49N3. The highest BCUT2D eigenvalue weighted by atomic mass is 15.3. The Morgan fingerprint density at radius 2 is 0.954 bits per heavy atom. The Morgan fingerprint density at radius 3 is 1.69 bits per heavy atom. The average molecular weight is 836 g/mol. The molecule has 1 spiro atoms. The van der Waals surface area contributed by atoms with Crippen molar-refractivity contribution in [2.24, 2.45) is 0 Å². The zero-order valence-electron chi connectivity index (χ0n) is 36.5. The zero-order valence-corrected chi connectivity index (χ0v) is 36.5. The monoisotopic (exact) mass is 835 g/mol. The van der Waals surface area contributed by atoms with Crippen LogP contribution in [0, 0.1) is 0 Å². The minimum absolute atomic E-state index is 0.100. The first-order valence-electron chi connectivity index (χ1n) is 23.5. The lowest BCUT2D eigenvalue weighted by atomic mass is 9.76. The van der Waals surface area contributed by atoms with E-state index < -0.39 is 0 Å². The quantitative estimate of drug-likeness (QED) is 0.155. The molecule has 2 aliphatic heterocycles. The van der Waals surface area contributed by atoms with Crippen LogP contribution < -0.4 is 14.7 Å². The van der Waals surface area contributed by atoms with Crippen molar-refractivity contribution in [3.8, 4) is 22.3 Å². The summed E-state index contributed by atoms with van der Waals surface area (Å²) in [5.41, 5.74) is 22.1. The Labute approximate surface area is 382 Å². The molecule has 0 radical (unpaired) electrons. The van der Waals surface area contributed by atoms with Crippen molar-refractivity contribution >= 4 is 68.4 Å². The fourth-order valence-electron chi connectivity index (χ4n) is 11.8. The molecule has 0 N–H and O–H groups in total. The molecule has 3 heteroatoms. The predicted octanol–water partition coefficient (Wildman–Crippen LogP) is 16.9. The maximum absolute atomic E-state index is 2.56. The van der Waals surface area contributed by atoms with Crippen LogP contribution in [0.1, 0.15) is 59.9 Å². The van der Waals surface area contributed by atoms with E-state index >= 15 is 0 Å². The van der Waals surface area contributed by atoms with Gasteiger partial charge in [-0.1, -0.05) is 165 Å². The van der Waals surface area contributed by atoms with Gasteiger partial charge in [0, 0.05) is 34.4 Å². The summed E-state index contributed by atoms with van der Waals surface area (Å²) in [6, 6.07) is 74.4. The molecule has 1 saturated carbocycles. The van der Waals surface area contributed by atoms with E-state index in [1.54, 1.807) is 5.56 Å². The number of hydrogen-bond donors (Lipinski definition) is 0. The summed E-state index contributed by atoms with van der Waals surface area (Å²) < 4.78 is 0. The van der Waals surface area contributed by atoms with E-state index in [1.165, 1.54) is 111 Å². The third-order valence-corrected chi connectivity index (χ3v) is 14.8. The van der Waals surface area contributed by atoms with Crippen LogP contribution in [0.4, 0.5) is 45.5 Å². The molecule has 3 nitrogen and oxygen atoms in total. The van der Waals surface area contributed by atoms with Crippen LogP contribution in [-0.2, 0) is 11.8 Å². The minimum atomic E-state index is 0.100. The summed E-state index contributed by atoms with van der Waals surface area (Å²) in [5.74, 6) is 0. The number of benzene rings is 9. The number of anilines is 8. The fraction of sp³-hybridized carbons (Fsp3) is 0.129. The Bertz CT molecular complexity index is 3270. The molecule has 0 saturated heterocycles. The highest BCUT2D eigenvalue weighted by molar-refractivity contribution is 6.10. The Balaban J connectivity index is 0.805. The molecular weight excluding hydrogens is 787 g/mol. The van der Waals surface area contributed by atoms with Gasteiger partial charge in [-0.3, -0.25) is 0 Å². The van der Waals surface area contributed by atoms with Crippen molar-refractivity contribution in [2.75, 3.05) is 21.2 Å². The van der Waals surface area contributed by atoms with Gasteiger partial charge >= 0.3 is 0 Å².